The fourth-order valence-corrected chi connectivity index (χ4v) is 2.41. The molecule has 23 heavy (non-hydrogen) atoms. The van der Waals surface area contributed by atoms with Crippen LogP contribution in [0.2, 0.25) is 0 Å². The van der Waals surface area contributed by atoms with Gasteiger partial charge in [0.2, 0.25) is 0 Å². The Labute approximate surface area is 134 Å². The van der Waals surface area contributed by atoms with Gasteiger partial charge in [0.25, 0.3) is 5.91 Å². The monoisotopic (exact) mass is 318 g/mol. The number of carboxylic acid groups (broad SMARTS) is 1. The Hall–Kier alpha value is -2.44. The predicted molar refractivity (Wildman–Crippen MR) is 86.5 cm³/mol. The number of nitrogens with zero attached hydrogens (tertiary/aromatic N) is 3. The number of aryl methyl sites for hydroxylation is 1. The predicted octanol–water partition coefficient (Wildman–Crippen LogP) is 2.31. The van der Waals surface area contributed by atoms with Crippen molar-refractivity contribution in [3.63, 3.8) is 0 Å². The number of hydrogen-bond acceptors (Lipinski definition) is 4. The Bertz CT molecular complexity index is 721. The van der Waals surface area contributed by atoms with Gasteiger partial charge in [0.1, 0.15) is 0 Å². The number of hydrogen-bond donors (Lipinski definition) is 2. The van der Waals surface area contributed by atoms with E-state index in [0.717, 1.165) is 11.1 Å². The molecule has 2 rings (SSSR count). The van der Waals surface area contributed by atoms with E-state index in [4.69, 9.17) is 5.11 Å². The smallest absolute Gasteiger partial charge is 0.303 e. The summed E-state index contributed by atoms with van der Waals surface area (Å²) in [5.41, 5.74) is 2.02. The number of carboxylic acids is 1. The molecule has 0 spiro atoms. The van der Waals surface area contributed by atoms with Crippen molar-refractivity contribution in [2.45, 2.75) is 46.1 Å². The first-order chi connectivity index (χ1) is 10.9. The maximum atomic E-state index is 12.4. The molecule has 0 aliphatic heterocycles. The summed E-state index contributed by atoms with van der Waals surface area (Å²) in [6.45, 7) is 6.32. The third-order valence-corrected chi connectivity index (χ3v) is 3.53. The van der Waals surface area contributed by atoms with Crippen LogP contribution in [0.15, 0.2) is 12.3 Å². The zero-order valence-electron chi connectivity index (χ0n) is 13.7. The number of amides is 1. The second-order valence-corrected chi connectivity index (χ2v) is 5.84. The highest BCUT2D eigenvalue weighted by Crippen LogP contribution is 2.20. The van der Waals surface area contributed by atoms with Crippen molar-refractivity contribution in [2.75, 3.05) is 6.54 Å². The van der Waals surface area contributed by atoms with Gasteiger partial charge >= 0.3 is 5.97 Å². The van der Waals surface area contributed by atoms with Crippen LogP contribution in [0.1, 0.15) is 55.2 Å². The lowest BCUT2D eigenvalue weighted by atomic mass is 10.1. The molecule has 0 aliphatic rings. The Balaban J connectivity index is 2.12. The summed E-state index contributed by atoms with van der Waals surface area (Å²) in [6, 6.07) is 1.91. The van der Waals surface area contributed by atoms with Gasteiger partial charge in [-0.2, -0.15) is 5.10 Å². The summed E-state index contributed by atoms with van der Waals surface area (Å²) in [7, 11) is 0. The van der Waals surface area contributed by atoms with Crippen LogP contribution in [-0.2, 0) is 4.79 Å². The zero-order chi connectivity index (χ0) is 17.0. The van der Waals surface area contributed by atoms with Crippen LogP contribution in [-0.4, -0.2) is 38.3 Å². The fraction of sp³-hybridized carbons (Fsp3) is 0.500. The number of pyridine rings is 1. The summed E-state index contributed by atoms with van der Waals surface area (Å²) in [5, 5.41) is 16.5. The van der Waals surface area contributed by atoms with Crippen LogP contribution in [0.5, 0.6) is 0 Å². The average molecular weight is 318 g/mol. The quantitative estimate of drug-likeness (QED) is 0.764. The summed E-state index contributed by atoms with van der Waals surface area (Å²) >= 11 is 0. The molecule has 0 unspecified atom stereocenters. The summed E-state index contributed by atoms with van der Waals surface area (Å²) in [5.74, 6) is -0.997. The normalized spacial score (nSPS) is 11.1. The molecule has 124 valence electrons. The minimum atomic E-state index is -0.816. The molecule has 2 N–H and O–H groups in total. The van der Waals surface area contributed by atoms with E-state index in [9.17, 15) is 9.59 Å². The molecule has 0 fully saturated rings. The van der Waals surface area contributed by atoms with Gasteiger partial charge in [-0.15, -0.1) is 0 Å². The van der Waals surface area contributed by atoms with Gasteiger partial charge in [-0.1, -0.05) is 0 Å². The van der Waals surface area contributed by atoms with Gasteiger partial charge in [-0.3, -0.25) is 9.59 Å². The number of rotatable bonds is 7. The molecule has 0 saturated carbocycles. The van der Waals surface area contributed by atoms with Crippen molar-refractivity contribution in [1.82, 2.24) is 20.1 Å². The maximum Gasteiger partial charge on any atom is 0.303 e. The lowest BCUT2D eigenvalue weighted by Gasteiger charge is -2.09. The molecule has 0 aromatic carbocycles. The molecule has 2 heterocycles. The first-order valence-electron chi connectivity index (χ1n) is 7.75. The molecule has 2 aromatic heterocycles. The van der Waals surface area contributed by atoms with E-state index in [1.54, 1.807) is 16.9 Å². The molecule has 0 aliphatic carbocycles. The third kappa shape index (κ3) is 4.06. The van der Waals surface area contributed by atoms with Crippen LogP contribution in [0, 0.1) is 6.92 Å². The number of fused-ring (bicyclic) bond motifs is 1. The van der Waals surface area contributed by atoms with E-state index < -0.39 is 5.97 Å². The number of carbonyl (C=O) groups excluding carboxylic acids is 1. The Morgan fingerprint density at radius 3 is 2.74 bits per heavy atom. The summed E-state index contributed by atoms with van der Waals surface area (Å²) in [6.07, 6.45) is 2.97. The molecule has 0 atom stereocenters. The molecule has 1 amide bonds. The molecule has 7 heteroatoms. The van der Waals surface area contributed by atoms with Gasteiger partial charge in [0.05, 0.1) is 17.1 Å². The van der Waals surface area contributed by atoms with E-state index in [-0.39, 0.29) is 18.4 Å². The van der Waals surface area contributed by atoms with Crippen LogP contribution in [0.4, 0.5) is 0 Å². The molecule has 2 aromatic rings. The minimum Gasteiger partial charge on any atom is -0.481 e. The van der Waals surface area contributed by atoms with E-state index >= 15 is 0 Å². The van der Waals surface area contributed by atoms with Gasteiger partial charge < -0.3 is 10.4 Å². The number of aliphatic carboxylic acids is 1. The van der Waals surface area contributed by atoms with Gasteiger partial charge in [-0.05, 0) is 39.7 Å². The first-order valence-corrected chi connectivity index (χ1v) is 7.75. The highest BCUT2D eigenvalue weighted by atomic mass is 16.4. The highest BCUT2D eigenvalue weighted by molar-refractivity contribution is 6.05. The molecule has 0 radical (unpaired) electrons. The first kappa shape index (κ1) is 16.9. The van der Waals surface area contributed by atoms with Crippen molar-refractivity contribution in [2.24, 2.45) is 0 Å². The van der Waals surface area contributed by atoms with Gasteiger partial charge in [-0.25, -0.2) is 9.67 Å². The number of unbranched alkanes of at least 4 members (excludes halogenated alkanes) is 1. The second-order valence-electron chi connectivity index (χ2n) is 5.84. The van der Waals surface area contributed by atoms with E-state index in [2.05, 4.69) is 15.4 Å². The van der Waals surface area contributed by atoms with Crippen LogP contribution in [0.25, 0.3) is 11.0 Å². The molecular weight excluding hydrogens is 296 g/mol. The Morgan fingerprint density at radius 2 is 2.09 bits per heavy atom. The Morgan fingerprint density at radius 1 is 1.35 bits per heavy atom. The molecule has 0 saturated heterocycles. The average Bonchev–Trinajstić information content (AvgIpc) is 2.89. The number of carbonyl (C=O) groups is 2. The summed E-state index contributed by atoms with van der Waals surface area (Å²) < 4.78 is 1.80. The highest BCUT2D eigenvalue weighted by Gasteiger charge is 2.16. The van der Waals surface area contributed by atoms with Crippen molar-refractivity contribution in [3.05, 3.63) is 23.5 Å². The van der Waals surface area contributed by atoms with E-state index in [1.165, 1.54) is 0 Å². The molecule has 0 bridgehead atoms. The lowest BCUT2D eigenvalue weighted by molar-refractivity contribution is -0.137. The number of aromatic nitrogens is 3. The van der Waals surface area contributed by atoms with Crippen LogP contribution in [0.3, 0.4) is 0 Å². The Kier molecular flexibility index (Phi) is 5.31. The summed E-state index contributed by atoms with van der Waals surface area (Å²) in [4.78, 5) is 27.3. The largest absolute Gasteiger partial charge is 0.481 e. The van der Waals surface area contributed by atoms with Gasteiger partial charge in [0.15, 0.2) is 5.65 Å². The lowest BCUT2D eigenvalue weighted by Crippen LogP contribution is -2.25. The van der Waals surface area contributed by atoms with Crippen molar-refractivity contribution in [1.29, 1.82) is 0 Å². The second kappa shape index (κ2) is 7.21. The van der Waals surface area contributed by atoms with Crippen molar-refractivity contribution in [3.8, 4) is 0 Å². The standard InChI is InChI=1S/C16H22N4O3/c1-10(2)20-15-13(9-18-20)12(8-11(3)19-15)16(23)17-7-5-4-6-14(21)22/h8-10H,4-7H2,1-3H3,(H,17,23)(H,21,22). The van der Waals surface area contributed by atoms with Crippen molar-refractivity contribution < 1.29 is 14.7 Å². The third-order valence-electron chi connectivity index (χ3n) is 3.53. The van der Waals surface area contributed by atoms with Crippen molar-refractivity contribution >= 4 is 22.9 Å². The SMILES string of the molecule is Cc1cc(C(=O)NCCCCC(=O)O)c2cnn(C(C)C)c2n1. The molecule has 7 nitrogen and oxygen atoms in total. The minimum absolute atomic E-state index is 0.121. The number of nitrogens with one attached hydrogen (secondary N) is 1. The van der Waals surface area contributed by atoms with Crippen LogP contribution >= 0.6 is 0 Å². The van der Waals surface area contributed by atoms with Gasteiger partial charge in [0, 0.05) is 24.7 Å². The maximum absolute atomic E-state index is 12.4. The van der Waals surface area contributed by atoms with E-state index in [0.29, 0.717) is 30.6 Å². The fourth-order valence-electron chi connectivity index (χ4n) is 2.41. The zero-order valence-corrected chi connectivity index (χ0v) is 13.7. The topological polar surface area (TPSA) is 97.1 Å². The van der Waals surface area contributed by atoms with Crippen LogP contribution < -0.4 is 5.32 Å². The molecular formula is C16H22N4O3. The van der Waals surface area contributed by atoms with E-state index in [1.807, 2.05) is 20.8 Å².